The van der Waals surface area contributed by atoms with Crippen LogP contribution in [0.2, 0.25) is 5.02 Å². The lowest BCUT2D eigenvalue weighted by molar-refractivity contribution is -0.140. The molecule has 1 unspecified atom stereocenters. The Kier molecular flexibility index (Phi) is 6.16. The smallest absolute Gasteiger partial charge is 0.295 e. The first kappa shape index (κ1) is 22.5. The summed E-state index contributed by atoms with van der Waals surface area (Å²) in [7, 11) is 1.44. The van der Waals surface area contributed by atoms with E-state index in [4.69, 9.17) is 16.3 Å². The van der Waals surface area contributed by atoms with Gasteiger partial charge >= 0.3 is 0 Å². The number of halogens is 3. The molecule has 0 aliphatic carbocycles. The van der Waals surface area contributed by atoms with Crippen LogP contribution in [0.25, 0.3) is 5.76 Å². The van der Waals surface area contributed by atoms with E-state index in [-0.39, 0.29) is 22.7 Å². The first-order valence-corrected chi connectivity index (χ1v) is 10.3. The second kappa shape index (κ2) is 9.03. The highest BCUT2D eigenvalue weighted by molar-refractivity contribution is 6.46. The van der Waals surface area contributed by atoms with Gasteiger partial charge in [0.1, 0.15) is 23.1 Å². The maximum Gasteiger partial charge on any atom is 0.295 e. The van der Waals surface area contributed by atoms with E-state index in [2.05, 4.69) is 0 Å². The average molecular weight is 470 g/mol. The van der Waals surface area contributed by atoms with E-state index in [1.54, 1.807) is 0 Å². The van der Waals surface area contributed by atoms with Gasteiger partial charge in [0.15, 0.2) is 0 Å². The van der Waals surface area contributed by atoms with Crippen LogP contribution >= 0.6 is 11.6 Å². The monoisotopic (exact) mass is 469 g/mol. The minimum atomic E-state index is -0.989. The fourth-order valence-electron chi connectivity index (χ4n) is 3.79. The lowest BCUT2D eigenvalue weighted by Crippen LogP contribution is -2.29. The summed E-state index contributed by atoms with van der Waals surface area (Å²) in [5.74, 6) is -2.71. The quantitative estimate of drug-likeness (QED) is 0.315. The van der Waals surface area contributed by atoms with Gasteiger partial charge in [-0.15, -0.1) is 0 Å². The number of nitrogens with zero attached hydrogens (tertiary/aromatic N) is 1. The molecule has 33 heavy (non-hydrogen) atoms. The molecule has 1 saturated heterocycles. The zero-order valence-electron chi connectivity index (χ0n) is 17.4. The van der Waals surface area contributed by atoms with Crippen LogP contribution in [0.1, 0.15) is 22.7 Å². The maximum absolute atomic E-state index is 13.6. The molecule has 1 fully saturated rings. The Labute approximate surface area is 193 Å². The van der Waals surface area contributed by atoms with E-state index in [1.807, 2.05) is 0 Å². The molecule has 0 aromatic heterocycles. The molecule has 0 radical (unpaired) electrons. The van der Waals surface area contributed by atoms with Gasteiger partial charge in [-0.25, -0.2) is 8.78 Å². The largest absolute Gasteiger partial charge is 0.507 e. The lowest BCUT2D eigenvalue weighted by atomic mass is 9.95. The van der Waals surface area contributed by atoms with Crippen molar-refractivity contribution in [1.29, 1.82) is 0 Å². The number of hydrogen-bond donors (Lipinski definition) is 1. The number of methoxy groups -OCH3 is 1. The fraction of sp³-hybridized carbons (Fsp3) is 0.120. The Morgan fingerprint density at radius 2 is 1.61 bits per heavy atom. The van der Waals surface area contributed by atoms with Crippen LogP contribution in [-0.4, -0.2) is 28.8 Å². The predicted molar refractivity (Wildman–Crippen MR) is 119 cm³/mol. The number of likely N-dealkylation sites (tertiary alicyclic amines) is 1. The van der Waals surface area contributed by atoms with Crippen LogP contribution in [0, 0.1) is 11.6 Å². The average Bonchev–Trinajstić information content (AvgIpc) is 3.05. The van der Waals surface area contributed by atoms with Crippen molar-refractivity contribution in [2.24, 2.45) is 0 Å². The molecule has 1 atom stereocenters. The van der Waals surface area contributed by atoms with Crippen molar-refractivity contribution in [3.8, 4) is 5.75 Å². The minimum absolute atomic E-state index is 0.0208. The van der Waals surface area contributed by atoms with E-state index in [0.717, 1.165) is 0 Å². The SMILES string of the molecule is COc1ccc(/C(O)=C2/C(=O)C(=O)N(Cc3ccc(F)cc3)C2c2ccc(F)cc2)cc1Cl. The molecule has 3 aromatic rings. The van der Waals surface area contributed by atoms with Gasteiger partial charge in [0.25, 0.3) is 11.7 Å². The van der Waals surface area contributed by atoms with Crippen LogP contribution in [0.5, 0.6) is 5.75 Å². The molecule has 4 rings (SSSR count). The van der Waals surface area contributed by atoms with Gasteiger partial charge in [-0.1, -0.05) is 35.9 Å². The minimum Gasteiger partial charge on any atom is -0.507 e. The van der Waals surface area contributed by atoms with E-state index >= 15 is 0 Å². The Morgan fingerprint density at radius 1 is 1.00 bits per heavy atom. The molecule has 1 heterocycles. The molecule has 5 nitrogen and oxygen atoms in total. The Bertz CT molecular complexity index is 1260. The van der Waals surface area contributed by atoms with Crippen molar-refractivity contribution in [3.63, 3.8) is 0 Å². The molecule has 0 bridgehead atoms. The second-order valence-electron chi connectivity index (χ2n) is 7.45. The summed E-state index contributed by atoms with van der Waals surface area (Å²) in [6.07, 6.45) is 0. The number of benzene rings is 3. The first-order valence-electron chi connectivity index (χ1n) is 9.92. The summed E-state index contributed by atoms with van der Waals surface area (Å²) in [4.78, 5) is 27.3. The number of aliphatic hydroxyl groups is 1. The topological polar surface area (TPSA) is 66.8 Å². The zero-order chi connectivity index (χ0) is 23.7. The third-order valence-electron chi connectivity index (χ3n) is 5.42. The highest BCUT2D eigenvalue weighted by atomic mass is 35.5. The van der Waals surface area contributed by atoms with E-state index in [9.17, 15) is 23.5 Å². The standard InChI is InChI=1S/C25H18ClF2NO4/c1-33-20-11-6-16(12-19(20)26)23(30)21-22(15-4-9-18(28)10-5-15)29(25(32)24(21)31)13-14-2-7-17(27)8-3-14/h2-12,22,30H,13H2,1H3/b23-21-. The van der Waals surface area contributed by atoms with Gasteiger partial charge in [-0.3, -0.25) is 9.59 Å². The highest BCUT2D eigenvalue weighted by Crippen LogP contribution is 2.41. The van der Waals surface area contributed by atoms with Gasteiger partial charge in [0.05, 0.1) is 23.7 Å². The number of carbonyl (C=O) groups is 2. The molecule has 168 valence electrons. The fourth-order valence-corrected chi connectivity index (χ4v) is 4.05. The van der Waals surface area contributed by atoms with Gasteiger partial charge in [0, 0.05) is 12.1 Å². The lowest BCUT2D eigenvalue weighted by Gasteiger charge is -2.25. The third-order valence-corrected chi connectivity index (χ3v) is 5.71. The van der Waals surface area contributed by atoms with Crippen LogP contribution in [0.4, 0.5) is 8.78 Å². The van der Waals surface area contributed by atoms with E-state index in [0.29, 0.717) is 16.9 Å². The van der Waals surface area contributed by atoms with Crippen molar-refractivity contribution in [3.05, 3.63) is 106 Å². The van der Waals surface area contributed by atoms with Gasteiger partial charge in [-0.05, 0) is 53.6 Å². The van der Waals surface area contributed by atoms with Crippen LogP contribution in [-0.2, 0) is 16.1 Å². The summed E-state index contributed by atoms with van der Waals surface area (Å²) in [6.45, 7) is -0.0208. The summed E-state index contributed by atoms with van der Waals surface area (Å²) < 4.78 is 32.0. The van der Waals surface area contributed by atoms with Crippen LogP contribution < -0.4 is 4.74 Å². The number of ether oxygens (including phenoxy) is 1. The molecule has 0 saturated carbocycles. The number of hydrogen-bond acceptors (Lipinski definition) is 4. The number of amides is 1. The number of carbonyl (C=O) groups excluding carboxylic acids is 2. The molecule has 3 aromatic carbocycles. The zero-order valence-corrected chi connectivity index (χ0v) is 18.1. The number of aliphatic hydroxyl groups excluding tert-OH is 1. The van der Waals surface area contributed by atoms with Crippen molar-refractivity contribution in [2.45, 2.75) is 12.6 Å². The molecule has 0 spiro atoms. The second-order valence-corrected chi connectivity index (χ2v) is 7.86. The molecular weight excluding hydrogens is 452 g/mol. The molecule has 1 aliphatic heterocycles. The third kappa shape index (κ3) is 4.32. The molecular formula is C25H18ClF2NO4. The van der Waals surface area contributed by atoms with Crippen molar-refractivity contribution in [1.82, 2.24) is 4.90 Å². The summed E-state index contributed by atoms with van der Waals surface area (Å²) >= 11 is 6.17. The molecule has 1 aliphatic rings. The summed E-state index contributed by atoms with van der Waals surface area (Å²) in [5.41, 5.74) is 1.07. The van der Waals surface area contributed by atoms with E-state index < -0.39 is 35.1 Å². The normalized spacial score (nSPS) is 17.5. The number of rotatable bonds is 5. The van der Waals surface area contributed by atoms with Crippen LogP contribution in [0.15, 0.2) is 72.3 Å². The van der Waals surface area contributed by atoms with E-state index in [1.165, 1.54) is 78.7 Å². The number of Topliss-reactive ketones (excluding diaryl/α,β-unsaturated/α-hetero) is 1. The van der Waals surface area contributed by atoms with Crippen molar-refractivity contribution in [2.75, 3.05) is 7.11 Å². The Balaban J connectivity index is 1.85. The first-order chi connectivity index (χ1) is 15.8. The van der Waals surface area contributed by atoms with Gasteiger partial charge in [-0.2, -0.15) is 0 Å². The maximum atomic E-state index is 13.6. The molecule has 1 N–H and O–H groups in total. The Morgan fingerprint density at radius 3 is 2.18 bits per heavy atom. The number of ketones is 1. The van der Waals surface area contributed by atoms with Crippen LogP contribution in [0.3, 0.4) is 0 Å². The van der Waals surface area contributed by atoms with Crippen molar-refractivity contribution >= 4 is 29.1 Å². The highest BCUT2D eigenvalue weighted by Gasteiger charge is 2.46. The van der Waals surface area contributed by atoms with Gasteiger partial charge in [0.2, 0.25) is 0 Å². The summed E-state index contributed by atoms with van der Waals surface area (Å²) in [6, 6.07) is 14.3. The summed E-state index contributed by atoms with van der Waals surface area (Å²) in [5, 5.41) is 11.3. The van der Waals surface area contributed by atoms with Crippen molar-refractivity contribution < 1.29 is 28.2 Å². The predicted octanol–water partition coefficient (Wildman–Crippen LogP) is 5.25. The molecule has 8 heteroatoms. The van der Waals surface area contributed by atoms with Gasteiger partial charge < -0.3 is 14.7 Å². The molecule has 1 amide bonds. The Hall–Kier alpha value is -3.71.